The zero-order valence-corrected chi connectivity index (χ0v) is 14.0. The van der Waals surface area contributed by atoms with Gasteiger partial charge < -0.3 is 0 Å². The molecule has 4 aromatic rings. The van der Waals surface area contributed by atoms with Crippen molar-refractivity contribution >= 4 is 11.3 Å². The summed E-state index contributed by atoms with van der Waals surface area (Å²) in [5.41, 5.74) is 9.74. The Morgan fingerprint density at radius 3 is 2.25 bits per heavy atom. The smallest absolute Gasteiger partial charge is 0.0352 e. The lowest BCUT2D eigenvalue weighted by molar-refractivity contribution is 1.27. The fourth-order valence-electron chi connectivity index (χ4n) is 3.77. The van der Waals surface area contributed by atoms with Crippen LogP contribution in [0.2, 0.25) is 0 Å². The van der Waals surface area contributed by atoms with Gasteiger partial charge in [0.1, 0.15) is 0 Å². The summed E-state index contributed by atoms with van der Waals surface area (Å²) in [5, 5.41) is 2.17. The molecule has 3 aromatic carbocycles. The van der Waals surface area contributed by atoms with Crippen LogP contribution in [-0.4, -0.2) is 0 Å². The van der Waals surface area contributed by atoms with Crippen LogP contribution in [0.15, 0.2) is 84.2 Å². The van der Waals surface area contributed by atoms with E-state index in [1.165, 1.54) is 43.8 Å². The summed E-state index contributed by atoms with van der Waals surface area (Å²) in [6.45, 7) is 0. The number of hydrogen-bond donors (Lipinski definition) is 0. The molecule has 5 rings (SSSR count). The molecule has 0 nitrogen and oxygen atoms in total. The summed E-state index contributed by atoms with van der Waals surface area (Å²) in [4.78, 5) is 1.36. The van der Waals surface area contributed by atoms with E-state index in [-0.39, 0.29) is 0 Å². The first-order chi connectivity index (χ1) is 11.9. The van der Waals surface area contributed by atoms with Crippen LogP contribution in [0.4, 0.5) is 0 Å². The highest BCUT2D eigenvalue weighted by Crippen LogP contribution is 2.46. The third-order valence-corrected chi connectivity index (χ3v) is 5.73. The summed E-state index contributed by atoms with van der Waals surface area (Å²) < 4.78 is 0. The van der Waals surface area contributed by atoms with Gasteiger partial charge in [0.15, 0.2) is 0 Å². The predicted molar refractivity (Wildman–Crippen MR) is 103 cm³/mol. The van der Waals surface area contributed by atoms with E-state index in [1.807, 2.05) is 11.3 Å². The van der Waals surface area contributed by atoms with Gasteiger partial charge in [0.2, 0.25) is 0 Å². The van der Waals surface area contributed by atoms with Crippen LogP contribution in [0.25, 0.3) is 32.7 Å². The normalized spacial score (nSPS) is 12.0. The lowest BCUT2D eigenvalue weighted by Crippen LogP contribution is -1.91. The minimum absolute atomic E-state index is 1.03. The van der Waals surface area contributed by atoms with Crippen molar-refractivity contribution in [3.63, 3.8) is 0 Å². The molecule has 24 heavy (non-hydrogen) atoms. The number of rotatable bonds is 2. The lowest BCUT2D eigenvalue weighted by Gasteiger charge is -2.14. The van der Waals surface area contributed by atoms with E-state index in [2.05, 4.69) is 84.2 Å². The summed E-state index contributed by atoms with van der Waals surface area (Å²) in [6.07, 6.45) is 1.03. The van der Waals surface area contributed by atoms with Crippen molar-refractivity contribution in [3.8, 4) is 32.7 Å². The summed E-state index contributed by atoms with van der Waals surface area (Å²) in [5.74, 6) is 0. The lowest BCUT2D eigenvalue weighted by atomic mass is 9.91. The fourth-order valence-corrected chi connectivity index (χ4v) is 4.58. The summed E-state index contributed by atoms with van der Waals surface area (Å²) in [7, 11) is 0. The Morgan fingerprint density at radius 2 is 1.42 bits per heavy atom. The predicted octanol–water partition coefficient (Wildman–Crippen LogP) is 6.65. The molecule has 1 heteroatoms. The van der Waals surface area contributed by atoms with Gasteiger partial charge in [-0.25, -0.2) is 0 Å². The maximum atomic E-state index is 2.31. The van der Waals surface area contributed by atoms with Gasteiger partial charge in [0, 0.05) is 10.4 Å². The standard InChI is InChI=1S/C23H16S/c1-2-7-16(8-3-1)19-12-13-20-18-10-5-4-9-17(18)15-21(20)23(19)22-11-6-14-24-22/h1-14H,15H2. The van der Waals surface area contributed by atoms with Crippen molar-refractivity contribution in [1.29, 1.82) is 0 Å². The minimum atomic E-state index is 1.03. The van der Waals surface area contributed by atoms with E-state index in [4.69, 9.17) is 0 Å². The van der Waals surface area contributed by atoms with Gasteiger partial charge in [0.25, 0.3) is 0 Å². The Hall–Kier alpha value is -2.64. The van der Waals surface area contributed by atoms with Crippen LogP contribution in [0, 0.1) is 0 Å². The molecule has 1 heterocycles. The molecule has 0 unspecified atom stereocenters. The number of fused-ring (bicyclic) bond motifs is 3. The third kappa shape index (κ3) is 2.05. The molecule has 0 radical (unpaired) electrons. The SMILES string of the molecule is c1ccc(-c2ccc3c(c2-c2cccs2)Cc2ccccc2-3)cc1. The van der Waals surface area contributed by atoms with E-state index in [9.17, 15) is 0 Å². The Bertz CT molecular complexity index is 1010. The quantitative estimate of drug-likeness (QED) is 0.341. The molecule has 0 saturated carbocycles. The number of benzene rings is 3. The van der Waals surface area contributed by atoms with Crippen LogP contribution in [-0.2, 0) is 6.42 Å². The van der Waals surface area contributed by atoms with E-state index in [0.717, 1.165) is 6.42 Å². The van der Waals surface area contributed by atoms with Crippen molar-refractivity contribution in [1.82, 2.24) is 0 Å². The molecule has 0 atom stereocenters. The Morgan fingerprint density at radius 1 is 0.625 bits per heavy atom. The molecule has 1 aliphatic rings. The second kappa shape index (κ2) is 5.47. The van der Waals surface area contributed by atoms with E-state index < -0.39 is 0 Å². The van der Waals surface area contributed by atoms with Crippen molar-refractivity contribution in [2.24, 2.45) is 0 Å². The van der Waals surface area contributed by atoms with E-state index in [1.54, 1.807) is 0 Å². The van der Waals surface area contributed by atoms with Crippen LogP contribution in [0.5, 0.6) is 0 Å². The van der Waals surface area contributed by atoms with Gasteiger partial charge >= 0.3 is 0 Å². The van der Waals surface area contributed by atoms with Gasteiger partial charge in [-0.1, -0.05) is 72.8 Å². The van der Waals surface area contributed by atoms with Gasteiger partial charge in [-0.05, 0) is 51.2 Å². The zero-order chi connectivity index (χ0) is 15.9. The molecule has 0 bridgehead atoms. The Balaban J connectivity index is 1.82. The monoisotopic (exact) mass is 324 g/mol. The summed E-state index contributed by atoms with van der Waals surface area (Å²) in [6, 6.07) is 28.5. The van der Waals surface area contributed by atoms with Gasteiger partial charge in [-0.2, -0.15) is 0 Å². The Labute approximate surface area is 146 Å². The molecular weight excluding hydrogens is 308 g/mol. The van der Waals surface area contributed by atoms with Crippen molar-refractivity contribution in [3.05, 3.63) is 95.4 Å². The van der Waals surface area contributed by atoms with Crippen LogP contribution < -0.4 is 0 Å². The molecule has 0 N–H and O–H groups in total. The maximum Gasteiger partial charge on any atom is 0.0352 e. The topological polar surface area (TPSA) is 0 Å². The second-order valence-corrected chi connectivity index (χ2v) is 7.14. The first-order valence-corrected chi connectivity index (χ1v) is 9.13. The van der Waals surface area contributed by atoms with E-state index in [0.29, 0.717) is 0 Å². The first kappa shape index (κ1) is 13.8. The maximum absolute atomic E-state index is 2.31. The third-order valence-electron chi connectivity index (χ3n) is 4.84. The molecule has 1 aromatic heterocycles. The van der Waals surface area contributed by atoms with Crippen LogP contribution >= 0.6 is 11.3 Å². The number of thiophene rings is 1. The molecule has 0 saturated heterocycles. The number of hydrogen-bond acceptors (Lipinski definition) is 1. The molecule has 0 spiro atoms. The molecule has 114 valence electrons. The highest BCUT2D eigenvalue weighted by Gasteiger charge is 2.24. The Kier molecular flexibility index (Phi) is 3.14. The highest BCUT2D eigenvalue weighted by molar-refractivity contribution is 7.13. The van der Waals surface area contributed by atoms with Crippen molar-refractivity contribution in [2.75, 3.05) is 0 Å². The van der Waals surface area contributed by atoms with Crippen molar-refractivity contribution in [2.45, 2.75) is 6.42 Å². The van der Waals surface area contributed by atoms with Crippen LogP contribution in [0.3, 0.4) is 0 Å². The van der Waals surface area contributed by atoms with Gasteiger partial charge in [0.05, 0.1) is 0 Å². The average molecular weight is 324 g/mol. The molecule has 0 fully saturated rings. The van der Waals surface area contributed by atoms with Crippen LogP contribution in [0.1, 0.15) is 11.1 Å². The molecular formula is C23H16S. The van der Waals surface area contributed by atoms with Gasteiger partial charge in [-0.15, -0.1) is 11.3 Å². The largest absolute Gasteiger partial charge is 0.144 e. The minimum Gasteiger partial charge on any atom is -0.144 e. The average Bonchev–Trinajstić information content (AvgIpc) is 3.29. The second-order valence-electron chi connectivity index (χ2n) is 6.19. The van der Waals surface area contributed by atoms with E-state index >= 15 is 0 Å². The van der Waals surface area contributed by atoms with Gasteiger partial charge in [-0.3, -0.25) is 0 Å². The zero-order valence-electron chi connectivity index (χ0n) is 13.2. The molecule has 1 aliphatic carbocycles. The highest BCUT2D eigenvalue weighted by atomic mass is 32.1. The van der Waals surface area contributed by atoms with Crippen molar-refractivity contribution < 1.29 is 0 Å². The molecule has 0 aliphatic heterocycles. The first-order valence-electron chi connectivity index (χ1n) is 8.25. The summed E-state index contributed by atoms with van der Waals surface area (Å²) >= 11 is 1.83. The molecule has 0 amide bonds. The fraction of sp³-hybridized carbons (Fsp3) is 0.0435.